The number of hydrogen-bond donors (Lipinski definition) is 1. The first-order valence-corrected chi connectivity index (χ1v) is 7.97. The first kappa shape index (κ1) is 14.9. The summed E-state index contributed by atoms with van der Waals surface area (Å²) in [4.78, 5) is 12.1. The number of hydrogen-bond acceptors (Lipinski definition) is 3. The molecule has 0 aromatic heterocycles. The lowest BCUT2D eigenvalue weighted by Gasteiger charge is -2.23. The van der Waals surface area contributed by atoms with Gasteiger partial charge in [-0.05, 0) is 37.5 Å². The van der Waals surface area contributed by atoms with E-state index in [-0.39, 0.29) is 10.7 Å². The van der Waals surface area contributed by atoms with Crippen LogP contribution in [-0.4, -0.2) is 23.0 Å². The van der Waals surface area contributed by atoms with Crippen LogP contribution in [0, 0.1) is 17.2 Å². The number of benzene rings is 1. The smallest absolute Gasteiger partial charge is 0.237 e. The van der Waals surface area contributed by atoms with Crippen molar-refractivity contribution in [1.29, 1.82) is 5.26 Å². The van der Waals surface area contributed by atoms with E-state index in [2.05, 4.69) is 18.3 Å². The van der Waals surface area contributed by atoms with Crippen LogP contribution in [0.2, 0.25) is 0 Å². The molecule has 0 spiro atoms. The van der Waals surface area contributed by atoms with Crippen LogP contribution in [0.4, 0.5) is 0 Å². The Balaban J connectivity index is 1.88. The minimum atomic E-state index is -0.604. The quantitative estimate of drug-likeness (QED) is 0.906. The highest BCUT2D eigenvalue weighted by molar-refractivity contribution is 8.00. The van der Waals surface area contributed by atoms with Crippen LogP contribution in [0.5, 0.6) is 0 Å². The molecule has 106 valence electrons. The summed E-state index contributed by atoms with van der Waals surface area (Å²) in [6.07, 6.45) is 2.82. The summed E-state index contributed by atoms with van der Waals surface area (Å²) < 4.78 is 0.141. The molecule has 1 aromatic rings. The molecule has 2 unspecified atom stereocenters. The van der Waals surface area contributed by atoms with Crippen molar-refractivity contribution < 1.29 is 4.79 Å². The van der Waals surface area contributed by atoms with E-state index < -0.39 is 5.92 Å². The molecule has 2 rings (SSSR count). The predicted molar refractivity (Wildman–Crippen MR) is 82.4 cm³/mol. The van der Waals surface area contributed by atoms with Gasteiger partial charge >= 0.3 is 0 Å². The van der Waals surface area contributed by atoms with Crippen LogP contribution < -0.4 is 5.32 Å². The Hall–Kier alpha value is -1.47. The van der Waals surface area contributed by atoms with Crippen molar-refractivity contribution >= 4 is 17.7 Å². The lowest BCUT2D eigenvalue weighted by atomic mass is 9.99. The summed E-state index contributed by atoms with van der Waals surface area (Å²) in [5, 5.41) is 12.2. The number of nitriles is 1. The van der Waals surface area contributed by atoms with E-state index in [0.29, 0.717) is 13.0 Å². The molecule has 1 aliphatic rings. The summed E-state index contributed by atoms with van der Waals surface area (Å²) in [5.41, 5.74) is 1.02. The van der Waals surface area contributed by atoms with Crippen LogP contribution in [0.25, 0.3) is 0 Å². The first-order valence-electron chi connectivity index (χ1n) is 6.98. The van der Waals surface area contributed by atoms with E-state index in [0.717, 1.165) is 17.7 Å². The van der Waals surface area contributed by atoms with Gasteiger partial charge in [0.2, 0.25) is 5.91 Å². The number of amides is 1. The normalized spacial score (nSPS) is 23.0. The van der Waals surface area contributed by atoms with Crippen molar-refractivity contribution in [3.05, 3.63) is 35.9 Å². The van der Waals surface area contributed by atoms with Crippen molar-refractivity contribution in [2.45, 2.75) is 30.9 Å². The Kier molecular flexibility index (Phi) is 5.08. The monoisotopic (exact) mass is 288 g/mol. The maximum atomic E-state index is 12.1. The maximum absolute atomic E-state index is 12.1. The Morgan fingerprint density at radius 1 is 1.50 bits per heavy atom. The number of carbonyl (C=O) groups is 1. The highest BCUT2D eigenvalue weighted by Crippen LogP contribution is 2.36. The second kappa shape index (κ2) is 6.81. The van der Waals surface area contributed by atoms with Crippen molar-refractivity contribution in [3.63, 3.8) is 0 Å². The van der Waals surface area contributed by atoms with Crippen molar-refractivity contribution in [2.24, 2.45) is 5.92 Å². The first-order chi connectivity index (χ1) is 9.63. The van der Waals surface area contributed by atoms with E-state index in [1.807, 2.05) is 42.1 Å². The molecule has 1 aromatic carbocycles. The van der Waals surface area contributed by atoms with Crippen LogP contribution >= 0.6 is 11.8 Å². The average Bonchev–Trinajstić information content (AvgIpc) is 2.91. The van der Waals surface area contributed by atoms with Crippen molar-refractivity contribution in [2.75, 3.05) is 12.3 Å². The third kappa shape index (κ3) is 4.01. The molecule has 1 N–H and O–H groups in total. The third-order valence-electron chi connectivity index (χ3n) is 3.69. The maximum Gasteiger partial charge on any atom is 0.237 e. The van der Waals surface area contributed by atoms with Gasteiger partial charge in [-0.25, -0.2) is 0 Å². The van der Waals surface area contributed by atoms with Gasteiger partial charge in [-0.2, -0.15) is 17.0 Å². The van der Waals surface area contributed by atoms with E-state index in [1.165, 1.54) is 6.42 Å². The van der Waals surface area contributed by atoms with Crippen LogP contribution in [0.1, 0.15) is 25.3 Å². The zero-order valence-corrected chi connectivity index (χ0v) is 12.6. The van der Waals surface area contributed by atoms with Crippen molar-refractivity contribution in [1.82, 2.24) is 5.32 Å². The summed E-state index contributed by atoms with van der Waals surface area (Å²) in [6.45, 7) is 2.84. The van der Waals surface area contributed by atoms with E-state index >= 15 is 0 Å². The molecule has 0 aliphatic carbocycles. The number of nitrogens with one attached hydrogen (secondary N) is 1. The van der Waals surface area contributed by atoms with Crippen LogP contribution in [-0.2, 0) is 11.2 Å². The zero-order chi connectivity index (χ0) is 14.4. The Bertz CT molecular complexity index is 489. The molecule has 2 atom stereocenters. The zero-order valence-electron chi connectivity index (χ0n) is 11.8. The Morgan fingerprint density at radius 2 is 2.25 bits per heavy atom. The fraction of sp³-hybridized carbons (Fsp3) is 0.500. The van der Waals surface area contributed by atoms with Gasteiger partial charge in [-0.1, -0.05) is 30.3 Å². The van der Waals surface area contributed by atoms with Gasteiger partial charge in [0.1, 0.15) is 5.92 Å². The molecule has 1 heterocycles. The lowest BCUT2D eigenvalue weighted by Crippen LogP contribution is -2.40. The summed E-state index contributed by atoms with van der Waals surface area (Å²) in [5.74, 6) is 0.412. The second-order valence-corrected chi connectivity index (χ2v) is 7.17. The number of carbonyl (C=O) groups excluding carboxylic acids is 1. The molecule has 1 amide bonds. The minimum Gasteiger partial charge on any atom is -0.354 e. The molecule has 0 radical (unpaired) electrons. The lowest BCUT2D eigenvalue weighted by molar-refractivity contribution is -0.123. The molecular formula is C16H20N2OS. The molecule has 0 bridgehead atoms. The standard InChI is InChI=1S/C16H20N2OS/c1-16(8-5-9-20-16)12-18-15(19)14(11-17)10-13-6-3-2-4-7-13/h2-4,6-7,14H,5,8-10,12H2,1H3,(H,18,19). The highest BCUT2D eigenvalue weighted by Gasteiger charge is 2.30. The second-order valence-electron chi connectivity index (χ2n) is 5.49. The van der Waals surface area contributed by atoms with Gasteiger partial charge in [0, 0.05) is 11.3 Å². The summed E-state index contributed by atoms with van der Waals surface area (Å²) in [6, 6.07) is 11.8. The van der Waals surface area contributed by atoms with Gasteiger partial charge < -0.3 is 5.32 Å². The van der Waals surface area contributed by atoms with Gasteiger partial charge in [0.05, 0.1) is 6.07 Å². The van der Waals surface area contributed by atoms with Gasteiger partial charge in [-0.3, -0.25) is 4.79 Å². The van der Waals surface area contributed by atoms with E-state index in [1.54, 1.807) is 0 Å². The molecule has 1 saturated heterocycles. The Labute approximate surface area is 124 Å². The Morgan fingerprint density at radius 3 is 2.85 bits per heavy atom. The van der Waals surface area contributed by atoms with Crippen LogP contribution in [0.3, 0.4) is 0 Å². The highest BCUT2D eigenvalue weighted by atomic mass is 32.2. The summed E-state index contributed by atoms with van der Waals surface area (Å²) in [7, 11) is 0. The molecule has 0 saturated carbocycles. The predicted octanol–water partition coefficient (Wildman–Crippen LogP) is 2.77. The topological polar surface area (TPSA) is 52.9 Å². The third-order valence-corrected chi connectivity index (χ3v) is 5.23. The van der Waals surface area contributed by atoms with Gasteiger partial charge in [-0.15, -0.1) is 0 Å². The molecule has 1 aliphatic heterocycles. The fourth-order valence-corrected chi connectivity index (χ4v) is 3.66. The fourth-order valence-electron chi connectivity index (χ4n) is 2.42. The number of nitrogens with zero attached hydrogens (tertiary/aromatic N) is 1. The minimum absolute atomic E-state index is 0.141. The SMILES string of the molecule is CC1(CNC(=O)C(C#N)Cc2ccccc2)CCCS1. The molecular weight excluding hydrogens is 268 g/mol. The van der Waals surface area contributed by atoms with E-state index in [4.69, 9.17) is 0 Å². The number of rotatable bonds is 5. The molecule has 4 heteroatoms. The summed E-state index contributed by atoms with van der Waals surface area (Å²) >= 11 is 1.91. The van der Waals surface area contributed by atoms with Gasteiger partial charge in [0.15, 0.2) is 0 Å². The van der Waals surface area contributed by atoms with Gasteiger partial charge in [0.25, 0.3) is 0 Å². The van der Waals surface area contributed by atoms with E-state index in [9.17, 15) is 10.1 Å². The van der Waals surface area contributed by atoms with Crippen molar-refractivity contribution in [3.8, 4) is 6.07 Å². The molecule has 1 fully saturated rings. The molecule has 20 heavy (non-hydrogen) atoms. The largest absolute Gasteiger partial charge is 0.354 e. The number of thioether (sulfide) groups is 1. The average molecular weight is 288 g/mol. The van der Waals surface area contributed by atoms with Crippen LogP contribution in [0.15, 0.2) is 30.3 Å². The molecule has 3 nitrogen and oxygen atoms in total.